The van der Waals surface area contributed by atoms with Crippen LogP contribution in [0.1, 0.15) is 0 Å². The number of aromatic nitrogens is 1. The molecule has 0 saturated heterocycles. The molecule has 71 heavy (non-hydrogen) atoms. The van der Waals surface area contributed by atoms with Gasteiger partial charge < -0.3 is 13.9 Å². The van der Waals surface area contributed by atoms with Gasteiger partial charge in [-0.3, -0.25) is 0 Å². The minimum Gasteiger partial charge on any atom is -0.455 e. The van der Waals surface area contributed by atoms with Gasteiger partial charge in [0.25, 0.3) is 0 Å². The molecule has 0 spiro atoms. The summed E-state index contributed by atoms with van der Waals surface area (Å²) in [5.41, 5.74) is 17.6. The number of fused-ring (bicyclic) bond motifs is 8. The quantitative estimate of drug-likeness (QED) is 0.151. The second-order valence-electron chi connectivity index (χ2n) is 18.4. The Labute approximate surface area is 411 Å². The maximum Gasteiger partial charge on any atom is 0.145 e. The summed E-state index contributed by atoms with van der Waals surface area (Å²) >= 11 is 0. The fraction of sp³-hybridized carbons (Fsp3) is 0. The van der Waals surface area contributed by atoms with Crippen LogP contribution in [-0.4, -0.2) is 4.57 Å². The van der Waals surface area contributed by atoms with Gasteiger partial charge >= 0.3 is 0 Å². The summed E-state index contributed by atoms with van der Waals surface area (Å²) in [5, 5.41) is 9.54. The smallest absolute Gasteiger partial charge is 0.145 e. The van der Waals surface area contributed by atoms with Crippen molar-refractivity contribution >= 4 is 82.4 Å². The van der Waals surface area contributed by atoms with Crippen molar-refractivity contribution in [2.75, 3.05) is 4.90 Å². The van der Waals surface area contributed by atoms with E-state index in [2.05, 4.69) is 276 Å². The van der Waals surface area contributed by atoms with Crippen LogP contribution in [0.3, 0.4) is 0 Å². The molecule has 0 aliphatic rings. The number of hydrogen-bond donors (Lipinski definition) is 0. The lowest BCUT2D eigenvalue weighted by Crippen LogP contribution is -2.10. The summed E-state index contributed by atoms with van der Waals surface area (Å²) in [5.74, 6) is 0. The van der Waals surface area contributed by atoms with Crippen LogP contribution in [0.5, 0.6) is 0 Å². The Kier molecular flexibility index (Phi) is 9.53. The number of benzene rings is 12. The molecule has 0 saturated carbocycles. The monoisotopic (exact) mass is 904 g/mol. The Morgan fingerprint density at radius 3 is 1.75 bits per heavy atom. The van der Waals surface area contributed by atoms with Gasteiger partial charge in [-0.2, -0.15) is 0 Å². The molecule has 0 radical (unpaired) electrons. The van der Waals surface area contributed by atoms with Crippen molar-refractivity contribution in [1.29, 1.82) is 0 Å². The molecule has 2 heterocycles. The average molecular weight is 905 g/mol. The summed E-state index contributed by atoms with van der Waals surface area (Å²) in [6, 6.07) is 96.6. The average Bonchev–Trinajstić information content (AvgIpc) is 4.00. The Hall–Kier alpha value is -9.44. The molecule has 0 aliphatic carbocycles. The van der Waals surface area contributed by atoms with Crippen molar-refractivity contribution in [2.45, 2.75) is 0 Å². The molecule has 12 aromatic carbocycles. The van der Waals surface area contributed by atoms with E-state index in [-0.39, 0.29) is 0 Å². The van der Waals surface area contributed by atoms with Crippen LogP contribution >= 0.6 is 0 Å². The molecule has 0 N–H and O–H groups in total. The zero-order valence-corrected chi connectivity index (χ0v) is 38.7. The first kappa shape index (κ1) is 40.6. The van der Waals surface area contributed by atoms with Crippen molar-refractivity contribution in [2.24, 2.45) is 0 Å². The fourth-order valence-electron chi connectivity index (χ4n) is 11.0. The number of furan rings is 1. The van der Waals surface area contributed by atoms with E-state index in [1.54, 1.807) is 0 Å². The van der Waals surface area contributed by atoms with Gasteiger partial charge in [0.15, 0.2) is 0 Å². The molecule has 0 bridgehead atoms. The fourth-order valence-corrected chi connectivity index (χ4v) is 11.0. The van der Waals surface area contributed by atoms with Crippen LogP contribution in [0.15, 0.2) is 271 Å². The predicted octanol–water partition coefficient (Wildman–Crippen LogP) is 19.1. The molecular weight excluding hydrogens is 861 g/mol. The molecule has 3 heteroatoms. The van der Waals surface area contributed by atoms with E-state index in [1.165, 1.54) is 71.3 Å². The minimum absolute atomic E-state index is 0.859. The lowest BCUT2D eigenvalue weighted by atomic mass is 9.97. The number of nitrogens with zero attached hydrogens (tertiary/aromatic N) is 2. The summed E-state index contributed by atoms with van der Waals surface area (Å²) in [6.45, 7) is 0. The third-order valence-electron chi connectivity index (χ3n) is 14.4. The number of anilines is 3. The lowest BCUT2D eigenvalue weighted by molar-refractivity contribution is 0.670. The van der Waals surface area contributed by atoms with Gasteiger partial charge in [0, 0.05) is 38.5 Å². The molecule has 0 amide bonds. The Morgan fingerprint density at radius 2 is 0.915 bits per heavy atom. The standard InChI is InChI=1S/C68H44N2O/c1-2-16-50(17-3-1)58-41-42-64(67-60-25-9-11-30-65(60)71-68(58)67)69(54-39-37-47(38-40-54)46-31-33-48(34-32-46)52-36-35-45-15-4-5-19-51(45)43-52)55-22-12-21-53(44-55)57-26-14-29-63-66(57)59-24-8-10-27-62(59)70(63)61-28-13-20-49-18-6-7-23-56(49)61/h1-44H. The third kappa shape index (κ3) is 6.82. The first-order valence-corrected chi connectivity index (χ1v) is 24.3. The van der Waals surface area contributed by atoms with Crippen molar-refractivity contribution in [3.63, 3.8) is 0 Å². The first-order valence-electron chi connectivity index (χ1n) is 24.3. The maximum absolute atomic E-state index is 6.86. The van der Waals surface area contributed by atoms with Gasteiger partial charge in [-0.15, -0.1) is 0 Å². The zero-order valence-electron chi connectivity index (χ0n) is 38.7. The highest BCUT2D eigenvalue weighted by atomic mass is 16.3. The van der Waals surface area contributed by atoms with Crippen molar-refractivity contribution in [1.82, 2.24) is 4.57 Å². The van der Waals surface area contributed by atoms with Crippen LogP contribution in [0, 0.1) is 0 Å². The predicted molar refractivity (Wildman–Crippen MR) is 299 cm³/mol. The first-order chi connectivity index (χ1) is 35.2. The SMILES string of the molecule is c1ccc(-c2ccc(N(c3ccc(-c4ccc(-c5ccc6ccccc6c5)cc4)cc3)c3cccc(-c4cccc5c4c4ccccc4n5-c4cccc5ccccc45)c3)c3c2oc2ccccc23)cc1. The van der Waals surface area contributed by atoms with Gasteiger partial charge in [-0.25, -0.2) is 0 Å². The summed E-state index contributed by atoms with van der Waals surface area (Å²) in [6.07, 6.45) is 0. The van der Waals surface area contributed by atoms with Crippen molar-refractivity contribution in [3.8, 4) is 50.2 Å². The molecule has 2 aromatic heterocycles. The van der Waals surface area contributed by atoms with Gasteiger partial charge in [0.1, 0.15) is 11.2 Å². The normalized spacial score (nSPS) is 11.7. The second-order valence-corrected chi connectivity index (χ2v) is 18.4. The second kappa shape index (κ2) is 16.7. The number of para-hydroxylation sites is 2. The summed E-state index contributed by atoms with van der Waals surface area (Å²) in [7, 11) is 0. The topological polar surface area (TPSA) is 21.3 Å². The molecule has 332 valence electrons. The van der Waals surface area contributed by atoms with Crippen molar-refractivity contribution < 1.29 is 4.42 Å². The molecule has 0 atom stereocenters. The molecule has 3 nitrogen and oxygen atoms in total. The number of rotatable bonds is 8. The van der Waals surface area contributed by atoms with Gasteiger partial charge in [-0.1, -0.05) is 200 Å². The van der Waals surface area contributed by atoms with Crippen LogP contribution in [0.25, 0.3) is 115 Å². The zero-order chi connectivity index (χ0) is 46.8. The molecular formula is C68H44N2O. The van der Waals surface area contributed by atoms with Gasteiger partial charge in [0.2, 0.25) is 0 Å². The highest BCUT2D eigenvalue weighted by Crippen LogP contribution is 2.48. The van der Waals surface area contributed by atoms with E-state index in [4.69, 9.17) is 4.42 Å². The molecule has 0 aliphatic heterocycles. The maximum atomic E-state index is 6.86. The van der Waals surface area contributed by atoms with Gasteiger partial charge in [-0.05, 0) is 122 Å². The van der Waals surface area contributed by atoms with Gasteiger partial charge in [0.05, 0.1) is 27.8 Å². The Balaban J connectivity index is 0.935. The van der Waals surface area contributed by atoms with Crippen LogP contribution in [0.4, 0.5) is 17.1 Å². The Bertz CT molecular complexity index is 4330. The van der Waals surface area contributed by atoms with E-state index in [0.717, 1.165) is 61.3 Å². The van der Waals surface area contributed by atoms with Crippen LogP contribution in [0.2, 0.25) is 0 Å². The van der Waals surface area contributed by atoms with E-state index in [1.807, 2.05) is 0 Å². The molecule has 0 unspecified atom stereocenters. The van der Waals surface area contributed by atoms with Crippen LogP contribution < -0.4 is 4.90 Å². The third-order valence-corrected chi connectivity index (χ3v) is 14.4. The Morgan fingerprint density at radius 1 is 0.310 bits per heavy atom. The minimum atomic E-state index is 0.859. The van der Waals surface area contributed by atoms with Crippen LogP contribution in [-0.2, 0) is 0 Å². The van der Waals surface area contributed by atoms with E-state index >= 15 is 0 Å². The summed E-state index contributed by atoms with van der Waals surface area (Å²) in [4.78, 5) is 2.41. The largest absolute Gasteiger partial charge is 0.455 e. The highest BCUT2D eigenvalue weighted by Gasteiger charge is 2.24. The van der Waals surface area contributed by atoms with E-state index in [9.17, 15) is 0 Å². The lowest BCUT2D eigenvalue weighted by Gasteiger charge is -2.27. The van der Waals surface area contributed by atoms with Crippen molar-refractivity contribution in [3.05, 3.63) is 267 Å². The molecule has 14 rings (SSSR count). The summed E-state index contributed by atoms with van der Waals surface area (Å²) < 4.78 is 9.30. The molecule has 0 fully saturated rings. The highest BCUT2D eigenvalue weighted by molar-refractivity contribution is 6.18. The van der Waals surface area contributed by atoms with E-state index in [0.29, 0.717) is 0 Å². The number of hydrogen-bond acceptors (Lipinski definition) is 2. The molecule has 14 aromatic rings. The van der Waals surface area contributed by atoms with E-state index < -0.39 is 0 Å².